The maximum absolute atomic E-state index is 13.5. The van der Waals surface area contributed by atoms with Crippen LogP contribution in [0.25, 0.3) is 11.1 Å². The van der Waals surface area contributed by atoms with Crippen molar-refractivity contribution in [2.45, 2.75) is 31.0 Å². The van der Waals surface area contributed by atoms with Crippen molar-refractivity contribution in [2.24, 2.45) is 0 Å². The molecule has 1 N–H and O–H groups in total. The monoisotopic (exact) mass is 460 g/mol. The molecule has 32 heavy (non-hydrogen) atoms. The Hall–Kier alpha value is -2.41. The summed E-state index contributed by atoms with van der Waals surface area (Å²) in [5.74, 6) is 0. The van der Waals surface area contributed by atoms with Crippen LogP contribution in [-0.4, -0.2) is 24.7 Å². The predicted molar refractivity (Wildman–Crippen MR) is 120 cm³/mol. The summed E-state index contributed by atoms with van der Waals surface area (Å²) in [7, 11) is 0. The van der Waals surface area contributed by atoms with E-state index in [9.17, 15) is 13.2 Å². The topological polar surface area (TPSA) is 34.1 Å². The fourth-order valence-corrected chi connectivity index (χ4v) is 4.34. The summed E-state index contributed by atoms with van der Waals surface area (Å²) in [6.45, 7) is 2.32. The first-order valence-electron chi connectivity index (χ1n) is 10.5. The van der Waals surface area contributed by atoms with Crippen LogP contribution < -0.4 is 5.32 Å². The number of ether oxygens (including phenoxy) is 1. The SMILES string of the molecule is FC(F)(F)c1cc(COCC2(c3ccccc3)CCNCC2)cc(-c2ccc(Cl)nc2)c1. The lowest BCUT2D eigenvalue weighted by Gasteiger charge is -2.38. The molecule has 3 nitrogen and oxygen atoms in total. The van der Waals surface area contributed by atoms with Crippen molar-refractivity contribution in [3.8, 4) is 11.1 Å². The van der Waals surface area contributed by atoms with Gasteiger partial charge < -0.3 is 10.1 Å². The summed E-state index contributed by atoms with van der Waals surface area (Å²) < 4.78 is 46.7. The Labute approximate surface area is 190 Å². The van der Waals surface area contributed by atoms with Gasteiger partial charge in [0.05, 0.1) is 18.8 Å². The first-order chi connectivity index (χ1) is 15.4. The molecule has 1 aliphatic rings. The smallest absolute Gasteiger partial charge is 0.376 e. The van der Waals surface area contributed by atoms with E-state index in [2.05, 4.69) is 22.4 Å². The van der Waals surface area contributed by atoms with Gasteiger partial charge in [-0.15, -0.1) is 0 Å². The number of nitrogens with one attached hydrogen (secondary N) is 1. The highest BCUT2D eigenvalue weighted by molar-refractivity contribution is 6.29. The average Bonchev–Trinajstić information content (AvgIpc) is 2.80. The van der Waals surface area contributed by atoms with Crippen LogP contribution in [0.2, 0.25) is 5.15 Å². The standard InChI is InChI=1S/C25H24ClF3N2O/c26-23-7-6-19(15-31-23)20-12-18(13-22(14-20)25(27,28)29)16-32-17-24(8-10-30-11-9-24)21-4-2-1-3-5-21/h1-7,12-15,30H,8-11,16-17H2. The normalized spacial score (nSPS) is 16.1. The van der Waals surface area contributed by atoms with Crippen LogP contribution in [0.4, 0.5) is 13.2 Å². The summed E-state index contributed by atoms with van der Waals surface area (Å²) >= 11 is 5.82. The van der Waals surface area contributed by atoms with E-state index in [0.717, 1.165) is 38.1 Å². The van der Waals surface area contributed by atoms with Gasteiger partial charge in [0, 0.05) is 17.2 Å². The molecule has 168 valence electrons. The zero-order valence-corrected chi connectivity index (χ0v) is 18.2. The van der Waals surface area contributed by atoms with Gasteiger partial charge >= 0.3 is 6.18 Å². The maximum Gasteiger partial charge on any atom is 0.416 e. The van der Waals surface area contributed by atoms with E-state index >= 15 is 0 Å². The maximum atomic E-state index is 13.5. The van der Waals surface area contributed by atoms with Crippen LogP contribution in [0, 0.1) is 0 Å². The first-order valence-corrected chi connectivity index (χ1v) is 10.9. The van der Waals surface area contributed by atoms with Gasteiger partial charge in [-0.05, 0) is 73.0 Å². The minimum atomic E-state index is -4.45. The first kappa shape index (κ1) is 22.8. The second-order valence-corrected chi connectivity index (χ2v) is 8.56. The largest absolute Gasteiger partial charge is 0.416 e. The van der Waals surface area contributed by atoms with E-state index < -0.39 is 11.7 Å². The van der Waals surface area contributed by atoms with Crippen molar-refractivity contribution < 1.29 is 17.9 Å². The van der Waals surface area contributed by atoms with Gasteiger partial charge in [0.25, 0.3) is 0 Å². The van der Waals surface area contributed by atoms with E-state index in [0.29, 0.717) is 23.3 Å². The van der Waals surface area contributed by atoms with E-state index in [1.165, 1.54) is 11.8 Å². The van der Waals surface area contributed by atoms with Crippen molar-refractivity contribution in [3.05, 3.63) is 88.7 Å². The number of piperidine rings is 1. The number of alkyl halides is 3. The van der Waals surface area contributed by atoms with Gasteiger partial charge in [-0.1, -0.05) is 41.9 Å². The van der Waals surface area contributed by atoms with Crippen LogP contribution in [0.15, 0.2) is 66.9 Å². The lowest BCUT2D eigenvalue weighted by Crippen LogP contribution is -2.43. The highest BCUT2D eigenvalue weighted by Crippen LogP contribution is 2.36. The van der Waals surface area contributed by atoms with Crippen LogP contribution in [0.5, 0.6) is 0 Å². The number of hydrogen-bond acceptors (Lipinski definition) is 3. The van der Waals surface area contributed by atoms with E-state index in [1.54, 1.807) is 18.2 Å². The van der Waals surface area contributed by atoms with Gasteiger partial charge in [0.1, 0.15) is 5.15 Å². The minimum Gasteiger partial charge on any atom is -0.376 e. The highest BCUT2D eigenvalue weighted by Gasteiger charge is 2.34. The van der Waals surface area contributed by atoms with Crippen LogP contribution >= 0.6 is 11.6 Å². The van der Waals surface area contributed by atoms with Gasteiger partial charge in [0.15, 0.2) is 0 Å². The molecule has 4 rings (SSSR count). The average molecular weight is 461 g/mol. The van der Waals surface area contributed by atoms with Crippen LogP contribution in [0.1, 0.15) is 29.5 Å². The van der Waals surface area contributed by atoms with Gasteiger partial charge in [-0.3, -0.25) is 0 Å². The highest BCUT2D eigenvalue weighted by atomic mass is 35.5. The van der Waals surface area contributed by atoms with Crippen LogP contribution in [-0.2, 0) is 22.9 Å². The number of nitrogens with zero attached hydrogens (tertiary/aromatic N) is 1. The molecule has 0 bridgehead atoms. The Balaban J connectivity index is 1.56. The van der Waals surface area contributed by atoms with Crippen LogP contribution in [0.3, 0.4) is 0 Å². The molecule has 3 aromatic rings. The second kappa shape index (κ2) is 9.61. The van der Waals surface area contributed by atoms with Crippen molar-refractivity contribution in [1.82, 2.24) is 10.3 Å². The molecule has 1 fully saturated rings. The summed E-state index contributed by atoms with van der Waals surface area (Å²) in [6, 6.07) is 17.4. The molecule has 7 heteroatoms. The molecular weight excluding hydrogens is 437 g/mol. The second-order valence-electron chi connectivity index (χ2n) is 8.18. The molecule has 0 aliphatic carbocycles. The van der Waals surface area contributed by atoms with Crippen molar-refractivity contribution in [1.29, 1.82) is 0 Å². The Kier molecular flexibility index (Phi) is 6.84. The number of hydrogen-bond donors (Lipinski definition) is 1. The molecule has 0 unspecified atom stereocenters. The zero-order valence-electron chi connectivity index (χ0n) is 17.5. The molecule has 0 radical (unpaired) electrons. The zero-order chi connectivity index (χ0) is 22.6. The fraction of sp³-hybridized carbons (Fsp3) is 0.320. The fourth-order valence-electron chi connectivity index (χ4n) is 4.23. The number of halogens is 4. The molecular formula is C25H24ClF3N2O. The minimum absolute atomic E-state index is 0.0972. The Morgan fingerprint density at radius 2 is 1.72 bits per heavy atom. The number of benzene rings is 2. The number of aromatic nitrogens is 1. The molecule has 2 aromatic carbocycles. The number of pyridine rings is 1. The summed E-state index contributed by atoms with van der Waals surface area (Å²) in [6.07, 6.45) is -1.14. The molecule has 1 saturated heterocycles. The molecule has 2 heterocycles. The molecule has 0 amide bonds. The van der Waals surface area contributed by atoms with Crippen molar-refractivity contribution in [3.63, 3.8) is 0 Å². The van der Waals surface area contributed by atoms with E-state index in [1.807, 2.05) is 18.2 Å². The Morgan fingerprint density at radius 3 is 2.38 bits per heavy atom. The predicted octanol–water partition coefficient (Wildman–Crippen LogP) is 6.26. The van der Waals surface area contributed by atoms with Crippen molar-refractivity contribution >= 4 is 11.6 Å². The lowest BCUT2D eigenvalue weighted by molar-refractivity contribution is -0.137. The molecule has 1 aliphatic heterocycles. The third-order valence-electron chi connectivity index (χ3n) is 5.97. The molecule has 0 spiro atoms. The quantitative estimate of drug-likeness (QED) is 0.441. The third kappa shape index (κ3) is 5.31. The summed E-state index contributed by atoms with van der Waals surface area (Å²) in [5, 5.41) is 3.66. The van der Waals surface area contributed by atoms with Gasteiger partial charge in [-0.25, -0.2) is 4.98 Å². The van der Waals surface area contributed by atoms with Gasteiger partial charge in [-0.2, -0.15) is 13.2 Å². The van der Waals surface area contributed by atoms with E-state index in [4.69, 9.17) is 16.3 Å². The molecule has 1 aromatic heterocycles. The van der Waals surface area contributed by atoms with E-state index in [-0.39, 0.29) is 17.2 Å². The molecule has 0 atom stereocenters. The Bertz CT molecular complexity index is 1030. The summed E-state index contributed by atoms with van der Waals surface area (Å²) in [5.41, 5.74) is 1.84. The van der Waals surface area contributed by atoms with Crippen molar-refractivity contribution in [2.75, 3.05) is 19.7 Å². The number of rotatable bonds is 6. The third-order valence-corrected chi connectivity index (χ3v) is 6.20. The summed E-state index contributed by atoms with van der Waals surface area (Å²) in [4.78, 5) is 3.99. The Morgan fingerprint density at radius 1 is 0.969 bits per heavy atom. The van der Waals surface area contributed by atoms with Gasteiger partial charge in [0.2, 0.25) is 0 Å². The molecule has 0 saturated carbocycles. The lowest BCUT2D eigenvalue weighted by atomic mass is 9.74.